The van der Waals surface area contributed by atoms with Crippen LogP contribution in [0.5, 0.6) is 5.75 Å². The molecule has 1 heterocycles. The highest BCUT2D eigenvalue weighted by Crippen LogP contribution is 2.24. The van der Waals surface area contributed by atoms with Gasteiger partial charge in [0.25, 0.3) is 5.91 Å². The number of ether oxygens (including phenoxy) is 1. The van der Waals surface area contributed by atoms with Crippen molar-refractivity contribution in [2.75, 3.05) is 13.7 Å². The molecule has 0 spiro atoms. The van der Waals surface area contributed by atoms with E-state index < -0.39 is 5.82 Å². The highest BCUT2D eigenvalue weighted by atomic mass is 19.1. The summed E-state index contributed by atoms with van der Waals surface area (Å²) in [5.74, 6) is 0.906. The van der Waals surface area contributed by atoms with Crippen molar-refractivity contribution in [3.8, 4) is 17.1 Å². The predicted molar refractivity (Wildman–Crippen MR) is 122 cm³/mol. The summed E-state index contributed by atoms with van der Waals surface area (Å²) in [4.78, 5) is 19.5. The Morgan fingerprint density at radius 3 is 2.52 bits per heavy atom. The predicted octanol–water partition coefficient (Wildman–Crippen LogP) is 5.33. The third-order valence-electron chi connectivity index (χ3n) is 5.46. The lowest BCUT2D eigenvalue weighted by molar-refractivity contribution is 0.0688. The van der Waals surface area contributed by atoms with Gasteiger partial charge in [-0.3, -0.25) is 4.79 Å². The Bertz CT molecular complexity index is 1210. The zero-order valence-corrected chi connectivity index (χ0v) is 18.4. The Kier molecular flexibility index (Phi) is 6.78. The van der Waals surface area contributed by atoms with E-state index in [1.807, 2.05) is 61.5 Å². The molecule has 0 saturated carbocycles. The van der Waals surface area contributed by atoms with E-state index in [9.17, 15) is 9.18 Å². The van der Waals surface area contributed by atoms with Gasteiger partial charge in [0.05, 0.1) is 13.2 Å². The first-order valence-corrected chi connectivity index (χ1v) is 10.6. The Labute approximate surface area is 191 Å². The summed E-state index contributed by atoms with van der Waals surface area (Å²) in [5.41, 5.74) is 2.07. The van der Waals surface area contributed by atoms with Crippen LogP contribution in [0.4, 0.5) is 4.39 Å². The monoisotopic (exact) mass is 445 g/mol. The fourth-order valence-electron chi connectivity index (χ4n) is 3.60. The van der Waals surface area contributed by atoms with Crippen LogP contribution in [0.2, 0.25) is 0 Å². The largest absolute Gasteiger partial charge is 0.497 e. The minimum atomic E-state index is -0.450. The molecule has 4 rings (SSSR count). The van der Waals surface area contributed by atoms with Crippen LogP contribution in [0.15, 0.2) is 83.4 Å². The number of halogens is 1. The second-order valence-corrected chi connectivity index (χ2v) is 7.59. The van der Waals surface area contributed by atoms with Gasteiger partial charge in [-0.15, -0.1) is 0 Å². The Balaban J connectivity index is 1.54. The highest BCUT2D eigenvalue weighted by Gasteiger charge is 2.24. The Morgan fingerprint density at radius 2 is 1.82 bits per heavy atom. The van der Waals surface area contributed by atoms with Crippen LogP contribution >= 0.6 is 0 Å². The van der Waals surface area contributed by atoms with Gasteiger partial charge in [0.15, 0.2) is 0 Å². The molecule has 1 amide bonds. The maximum absolute atomic E-state index is 13.8. The molecule has 0 N–H and O–H groups in total. The second-order valence-electron chi connectivity index (χ2n) is 7.59. The molecule has 0 aliphatic carbocycles. The molecule has 0 aliphatic rings. The quantitative estimate of drug-likeness (QED) is 0.367. The lowest BCUT2D eigenvalue weighted by Crippen LogP contribution is -2.35. The molecule has 0 unspecified atom stereocenters. The third kappa shape index (κ3) is 5.26. The molecule has 0 fully saturated rings. The lowest BCUT2D eigenvalue weighted by atomic mass is 10.0. The van der Waals surface area contributed by atoms with Crippen molar-refractivity contribution in [2.45, 2.75) is 19.4 Å². The Hall–Kier alpha value is -4.00. The first-order chi connectivity index (χ1) is 16.0. The van der Waals surface area contributed by atoms with Crippen LogP contribution in [0, 0.1) is 5.82 Å². The zero-order valence-electron chi connectivity index (χ0n) is 18.4. The topological polar surface area (TPSA) is 68.5 Å². The fourth-order valence-corrected chi connectivity index (χ4v) is 3.60. The minimum absolute atomic E-state index is 0.231. The average Bonchev–Trinajstić information content (AvgIpc) is 3.33. The van der Waals surface area contributed by atoms with Gasteiger partial charge in [0.1, 0.15) is 11.6 Å². The molecule has 0 aliphatic heterocycles. The number of benzene rings is 3. The smallest absolute Gasteiger partial charge is 0.254 e. The number of carbonyl (C=O) groups excluding carboxylic acids is 1. The molecule has 4 aromatic rings. The van der Waals surface area contributed by atoms with Crippen LogP contribution in [0.3, 0.4) is 0 Å². The van der Waals surface area contributed by atoms with Crippen LogP contribution in [-0.4, -0.2) is 34.6 Å². The summed E-state index contributed by atoms with van der Waals surface area (Å²) < 4.78 is 24.4. The van der Waals surface area contributed by atoms with Gasteiger partial charge < -0.3 is 14.2 Å². The summed E-state index contributed by atoms with van der Waals surface area (Å²) in [6.07, 6.45) is 0.362. The van der Waals surface area contributed by atoms with Gasteiger partial charge in [-0.1, -0.05) is 41.6 Å². The maximum Gasteiger partial charge on any atom is 0.254 e. The first-order valence-electron chi connectivity index (χ1n) is 10.6. The van der Waals surface area contributed by atoms with E-state index in [2.05, 4.69) is 10.1 Å². The minimum Gasteiger partial charge on any atom is -0.497 e. The number of methoxy groups -OCH3 is 1. The van der Waals surface area contributed by atoms with Gasteiger partial charge in [0.2, 0.25) is 11.7 Å². The van der Waals surface area contributed by atoms with Crippen molar-refractivity contribution in [1.29, 1.82) is 0 Å². The number of amides is 1. The van der Waals surface area contributed by atoms with Crippen LogP contribution < -0.4 is 4.74 Å². The average molecular weight is 445 g/mol. The van der Waals surface area contributed by atoms with E-state index in [1.165, 1.54) is 18.2 Å². The van der Waals surface area contributed by atoms with Gasteiger partial charge in [-0.05, 0) is 55.0 Å². The van der Waals surface area contributed by atoms with Crippen molar-refractivity contribution in [2.24, 2.45) is 0 Å². The van der Waals surface area contributed by atoms with Crippen molar-refractivity contribution in [3.05, 3.63) is 102 Å². The third-order valence-corrected chi connectivity index (χ3v) is 5.46. The normalized spacial score (nSPS) is 11.7. The fraction of sp³-hybridized carbons (Fsp3) is 0.192. The SMILES string of the molecule is COc1ccc(-c2noc(CCN(C(=O)c3cccc(F)c3)[C@H](C)c3ccccc3)n2)cc1. The van der Waals surface area contributed by atoms with Gasteiger partial charge in [-0.25, -0.2) is 4.39 Å². The molecule has 0 radical (unpaired) electrons. The maximum atomic E-state index is 13.8. The number of hydrogen-bond donors (Lipinski definition) is 0. The number of aromatic nitrogens is 2. The van der Waals surface area contributed by atoms with Gasteiger partial charge in [-0.2, -0.15) is 4.98 Å². The number of nitrogens with zero attached hydrogens (tertiary/aromatic N) is 3. The Morgan fingerprint density at radius 1 is 1.06 bits per heavy atom. The summed E-state index contributed by atoms with van der Waals surface area (Å²) in [6, 6.07) is 22.6. The van der Waals surface area contributed by atoms with E-state index in [4.69, 9.17) is 9.26 Å². The molecule has 7 heteroatoms. The number of carbonyl (C=O) groups is 1. The van der Waals surface area contributed by atoms with E-state index in [-0.39, 0.29) is 11.9 Å². The van der Waals surface area contributed by atoms with Crippen molar-refractivity contribution < 1.29 is 18.4 Å². The molecule has 0 bridgehead atoms. The molecule has 168 valence electrons. The van der Waals surface area contributed by atoms with E-state index in [0.717, 1.165) is 16.9 Å². The number of hydrogen-bond acceptors (Lipinski definition) is 5. The van der Waals surface area contributed by atoms with Gasteiger partial charge >= 0.3 is 0 Å². The second kappa shape index (κ2) is 10.1. The summed E-state index contributed by atoms with van der Waals surface area (Å²) >= 11 is 0. The standard InChI is InChI=1S/C26H24FN3O3/c1-18(19-7-4-3-5-8-19)30(26(31)21-9-6-10-22(27)17-21)16-15-24-28-25(29-33-24)20-11-13-23(32-2)14-12-20/h3-14,17-18H,15-16H2,1-2H3/t18-/m1/s1. The van der Waals surface area contributed by atoms with Crippen molar-refractivity contribution in [3.63, 3.8) is 0 Å². The first kappa shape index (κ1) is 22.2. The molecule has 1 aromatic heterocycles. The molecule has 0 saturated heterocycles. The lowest BCUT2D eigenvalue weighted by Gasteiger charge is -2.29. The summed E-state index contributed by atoms with van der Waals surface area (Å²) in [7, 11) is 1.61. The molecule has 1 atom stereocenters. The molecule has 33 heavy (non-hydrogen) atoms. The summed E-state index contributed by atoms with van der Waals surface area (Å²) in [6.45, 7) is 2.28. The molecular formula is C26H24FN3O3. The summed E-state index contributed by atoms with van der Waals surface area (Å²) in [5, 5.41) is 4.06. The van der Waals surface area contributed by atoms with Crippen molar-refractivity contribution in [1.82, 2.24) is 15.0 Å². The number of rotatable bonds is 8. The van der Waals surface area contributed by atoms with E-state index in [0.29, 0.717) is 30.2 Å². The van der Waals surface area contributed by atoms with Crippen molar-refractivity contribution >= 4 is 5.91 Å². The zero-order chi connectivity index (χ0) is 23.2. The molecule has 6 nitrogen and oxygen atoms in total. The highest BCUT2D eigenvalue weighted by molar-refractivity contribution is 5.94. The molecular weight excluding hydrogens is 421 g/mol. The van der Waals surface area contributed by atoms with Gasteiger partial charge in [0, 0.05) is 24.1 Å². The van der Waals surface area contributed by atoms with E-state index in [1.54, 1.807) is 18.1 Å². The molecule has 3 aromatic carbocycles. The van der Waals surface area contributed by atoms with Crippen LogP contribution in [-0.2, 0) is 6.42 Å². The van der Waals surface area contributed by atoms with Crippen LogP contribution in [0.25, 0.3) is 11.4 Å². The van der Waals surface area contributed by atoms with E-state index >= 15 is 0 Å². The van der Waals surface area contributed by atoms with Crippen LogP contribution in [0.1, 0.15) is 34.8 Å².